The van der Waals surface area contributed by atoms with Crippen molar-refractivity contribution in [3.05, 3.63) is 30.3 Å². The quantitative estimate of drug-likeness (QED) is 0.283. The van der Waals surface area contributed by atoms with E-state index < -0.39 is 6.75 Å². The Bertz CT molecular complexity index is 1010. The molecule has 0 amide bonds. The van der Waals surface area contributed by atoms with Crippen molar-refractivity contribution in [3.63, 3.8) is 0 Å². The average molecular weight is 511 g/mol. The number of nitrogens with zero attached hydrogens (tertiary/aromatic N) is 6. The van der Waals surface area contributed by atoms with Crippen molar-refractivity contribution in [2.24, 2.45) is 30.9 Å². The van der Waals surface area contributed by atoms with E-state index in [-0.39, 0.29) is 0 Å². The molecule has 3 saturated carbocycles. The molecule has 13 heteroatoms. The lowest BCUT2D eigenvalue weighted by Gasteiger charge is -2.36. The fraction of sp³-hybridized carbons (Fsp3) is 0.500. The van der Waals surface area contributed by atoms with Crippen molar-refractivity contribution in [1.82, 2.24) is 0 Å². The molecule has 0 radical (unpaired) electrons. The summed E-state index contributed by atoms with van der Waals surface area (Å²) in [4.78, 5) is 0. The third-order valence-corrected chi connectivity index (χ3v) is 6.71. The van der Waals surface area contributed by atoms with Crippen LogP contribution in [0.25, 0.3) is 0 Å². The molecule has 0 aromatic heterocycles. The van der Waals surface area contributed by atoms with Crippen LogP contribution in [0.3, 0.4) is 0 Å². The Balaban J connectivity index is 1.76. The molecular weight excluding hydrogens is 479 g/mol. The van der Waals surface area contributed by atoms with Gasteiger partial charge in [0.1, 0.15) is 17.1 Å². The second kappa shape index (κ2) is 12.9. The van der Waals surface area contributed by atoms with E-state index in [1.54, 1.807) is 24.3 Å². The minimum Gasteiger partial charge on any atom is -0.536 e. The van der Waals surface area contributed by atoms with Crippen LogP contribution in [0.5, 0.6) is 0 Å². The molecule has 1 aromatic carbocycles. The van der Waals surface area contributed by atoms with Gasteiger partial charge in [-0.3, -0.25) is 0 Å². The Morgan fingerprint density at radius 2 is 0.811 bits per heavy atom. The van der Waals surface area contributed by atoms with Gasteiger partial charge in [-0.05, 0) is 77.0 Å². The van der Waals surface area contributed by atoms with Crippen LogP contribution in [0, 0.1) is 0 Å². The second-order valence-corrected chi connectivity index (χ2v) is 9.24. The summed E-state index contributed by atoms with van der Waals surface area (Å²) < 4.78 is 18.0. The summed E-state index contributed by atoms with van der Waals surface area (Å²) in [6.07, 6.45) is 8.65. The molecule has 0 aliphatic heterocycles. The maximum Gasteiger partial charge on any atom is 0.640 e. The predicted molar refractivity (Wildman–Crippen MR) is 140 cm³/mol. The summed E-state index contributed by atoms with van der Waals surface area (Å²) in [6, 6.07) is 8.90. The zero-order valence-corrected chi connectivity index (χ0v) is 20.7. The van der Waals surface area contributed by atoms with Crippen LogP contribution < -0.4 is 5.46 Å². The summed E-state index contributed by atoms with van der Waals surface area (Å²) >= 11 is 0. The van der Waals surface area contributed by atoms with Crippen LogP contribution in [0.2, 0.25) is 0 Å². The van der Waals surface area contributed by atoms with E-state index in [0.717, 1.165) is 38.5 Å². The largest absolute Gasteiger partial charge is 0.640 e. The molecule has 0 bridgehead atoms. The SMILES string of the molecule is O/N=C1/CCCC/C1=N/O[B-](O/N=C1/CCCC/C1=N/O)(O/N=C1\CCCC\C1=N/O)c1ccccc1. The van der Waals surface area contributed by atoms with E-state index in [4.69, 9.17) is 14.3 Å². The molecule has 3 aliphatic carbocycles. The molecule has 3 aliphatic rings. The van der Waals surface area contributed by atoms with Crippen molar-refractivity contribution in [2.45, 2.75) is 77.0 Å². The van der Waals surface area contributed by atoms with Gasteiger partial charge in [0, 0.05) is 0 Å². The molecular formula is C24H32BN6O6-. The van der Waals surface area contributed by atoms with E-state index in [1.807, 2.05) is 6.07 Å². The first-order valence-electron chi connectivity index (χ1n) is 12.8. The maximum absolute atomic E-state index is 9.44. The van der Waals surface area contributed by atoms with Crippen LogP contribution >= 0.6 is 0 Å². The maximum atomic E-state index is 9.44. The number of oxime groups is 6. The molecule has 198 valence electrons. The minimum absolute atomic E-state index is 0.436. The van der Waals surface area contributed by atoms with Gasteiger partial charge in [0.2, 0.25) is 0 Å². The smallest absolute Gasteiger partial charge is 0.536 e. The van der Waals surface area contributed by atoms with Gasteiger partial charge in [-0.1, -0.05) is 51.3 Å². The van der Waals surface area contributed by atoms with Gasteiger partial charge in [0.25, 0.3) is 0 Å². The fourth-order valence-corrected chi connectivity index (χ4v) is 4.57. The van der Waals surface area contributed by atoms with E-state index >= 15 is 0 Å². The Labute approximate surface area is 215 Å². The third-order valence-electron chi connectivity index (χ3n) is 6.71. The van der Waals surface area contributed by atoms with E-state index in [2.05, 4.69) is 30.9 Å². The Kier molecular flexibility index (Phi) is 9.11. The number of hydrogen-bond acceptors (Lipinski definition) is 12. The van der Waals surface area contributed by atoms with Crippen LogP contribution in [0.1, 0.15) is 77.0 Å². The molecule has 3 N–H and O–H groups in total. The third kappa shape index (κ3) is 6.46. The van der Waals surface area contributed by atoms with E-state index in [9.17, 15) is 15.6 Å². The van der Waals surface area contributed by atoms with Crippen LogP contribution in [-0.4, -0.2) is 56.6 Å². The fourth-order valence-electron chi connectivity index (χ4n) is 4.57. The van der Waals surface area contributed by atoms with Gasteiger partial charge in [-0.15, -0.1) is 15.5 Å². The summed E-state index contributed by atoms with van der Waals surface area (Å²) in [7, 11) is 0. The zero-order valence-electron chi connectivity index (χ0n) is 20.7. The average Bonchev–Trinajstić information content (AvgIpc) is 2.97. The first-order valence-corrected chi connectivity index (χ1v) is 12.8. The topological polar surface area (TPSA) is 163 Å². The predicted octanol–water partition coefficient (Wildman–Crippen LogP) is 4.16. The van der Waals surface area contributed by atoms with Crippen molar-refractivity contribution < 1.29 is 29.9 Å². The van der Waals surface area contributed by atoms with Crippen LogP contribution in [0.4, 0.5) is 0 Å². The van der Waals surface area contributed by atoms with Gasteiger partial charge >= 0.3 is 6.75 Å². The molecule has 0 spiro atoms. The second-order valence-electron chi connectivity index (χ2n) is 9.24. The van der Waals surface area contributed by atoms with Crippen LogP contribution in [0.15, 0.2) is 61.3 Å². The lowest BCUT2D eigenvalue weighted by molar-refractivity contribution is 0.0805. The van der Waals surface area contributed by atoms with Crippen LogP contribution in [-0.2, 0) is 14.3 Å². The van der Waals surface area contributed by atoms with Crippen molar-refractivity contribution >= 4 is 46.5 Å². The summed E-state index contributed by atoms with van der Waals surface area (Å²) in [5.41, 5.74) is 3.22. The monoisotopic (exact) mass is 511 g/mol. The lowest BCUT2D eigenvalue weighted by atomic mass is 9.70. The highest BCUT2D eigenvalue weighted by Gasteiger charge is 2.41. The van der Waals surface area contributed by atoms with E-state index in [0.29, 0.717) is 78.3 Å². The number of benzene rings is 1. The molecule has 4 rings (SSSR count). The van der Waals surface area contributed by atoms with Crippen molar-refractivity contribution in [2.75, 3.05) is 0 Å². The Hall–Kier alpha value is -3.90. The number of rotatable bonds is 7. The normalized spacial score (nSPS) is 25.7. The van der Waals surface area contributed by atoms with Gasteiger partial charge in [-0.25, -0.2) is 0 Å². The summed E-state index contributed by atoms with van der Waals surface area (Å²) in [6.45, 7) is -2.95. The molecule has 0 heterocycles. The first kappa shape index (κ1) is 26.2. The van der Waals surface area contributed by atoms with Gasteiger partial charge in [-0.2, -0.15) is 0 Å². The molecule has 1 aromatic rings. The van der Waals surface area contributed by atoms with Crippen molar-refractivity contribution in [3.8, 4) is 0 Å². The highest BCUT2D eigenvalue weighted by Crippen LogP contribution is 2.21. The first-order chi connectivity index (χ1) is 18.2. The molecule has 12 nitrogen and oxygen atoms in total. The molecule has 0 saturated heterocycles. The summed E-state index contributed by atoms with van der Waals surface area (Å²) in [5, 5.41) is 51.3. The molecule has 37 heavy (non-hydrogen) atoms. The highest BCUT2D eigenvalue weighted by atomic mass is 16.9. The Morgan fingerprint density at radius 3 is 1.14 bits per heavy atom. The standard InChI is InChI=1S/C24H32BN6O6/c32-26-19-12-4-7-15-22(19)29-35-25(18-10-2-1-3-11-18,36-30-23-16-8-5-13-20(23)27-33)37-31-24-17-9-6-14-21(24)28-34/h1-3,10-11,32-34H,4-9,12-17H2/q-1/b26-19-,27-20-,28-21+,29-22-,30-23-,31-24+. The van der Waals surface area contributed by atoms with E-state index in [1.165, 1.54) is 0 Å². The number of hydrogen-bond donors (Lipinski definition) is 3. The van der Waals surface area contributed by atoms with Gasteiger partial charge in [0.15, 0.2) is 0 Å². The molecule has 0 unspecified atom stereocenters. The summed E-state index contributed by atoms with van der Waals surface area (Å²) in [5.74, 6) is 0. The molecule has 3 fully saturated rings. The highest BCUT2D eigenvalue weighted by molar-refractivity contribution is 6.75. The Morgan fingerprint density at radius 1 is 0.486 bits per heavy atom. The minimum atomic E-state index is -2.95. The van der Waals surface area contributed by atoms with Crippen molar-refractivity contribution in [1.29, 1.82) is 0 Å². The van der Waals surface area contributed by atoms with Gasteiger partial charge < -0.3 is 29.9 Å². The van der Waals surface area contributed by atoms with Gasteiger partial charge in [0.05, 0.1) is 17.1 Å². The lowest BCUT2D eigenvalue weighted by Crippen LogP contribution is -2.54. The zero-order chi connectivity index (χ0) is 25.9. The molecule has 0 atom stereocenters.